The van der Waals surface area contributed by atoms with E-state index < -0.39 is 29.7 Å². The molecule has 1 atom stereocenters. The van der Waals surface area contributed by atoms with Gasteiger partial charge in [-0.05, 0) is 22.8 Å². The standard InChI is InChI=1S/C18H18F3NO3S/c19-18(20,21)11-26-10-16(23)22-9-14(17(24)25)8-13-6-3-5-12-4-1-2-7-15(12)13/h1-7,14H,8-11H2,(H,22,23)(H,24,25). The van der Waals surface area contributed by atoms with E-state index in [-0.39, 0.29) is 18.7 Å². The number of alkyl halides is 3. The van der Waals surface area contributed by atoms with E-state index in [1.807, 2.05) is 42.5 Å². The fourth-order valence-corrected chi connectivity index (χ4v) is 3.15. The van der Waals surface area contributed by atoms with Crippen LogP contribution in [-0.2, 0) is 16.0 Å². The molecule has 0 spiro atoms. The van der Waals surface area contributed by atoms with Gasteiger partial charge >= 0.3 is 12.1 Å². The molecular weight excluding hydrogens is 367 g/mol. The smallest absolute Gasteiger partial charge is 0.397 e. The van der Waals surface area contributed by atoms with Crippen molar-refractivity contribution in [2.45, 2.75) is 12.6 Å². The second-order valence-corrected chi connectivity index (χ2v) is 6.78. The molecule has 26 heavy (non-hydrogen) atoms. The molecule has 0 aromatic heterocycles. The van der Waals surface area contributed by atoms with Gasteiger partial charge in [-0.25, -0.2) is 0 Å². The predicted molar refractivity (Wildman–Crippen MR) is 95.2 cm³/mol. The Kier molecular flexibility index (Phi) is 6.90. The Morgan fingerprint density at radius 1 is 1.12 bits per heavy atom. The number of amides is 1. The van der Waals surface area contributed by atoms with Crippen molar-refractivity contribution in [3.05, 3.63) is 48.0 Å². The molecule has 140 valence electrons. The molecule has 0 bridgehead atoms. The topological polar surface area (TPSA) is 66.4 Å². The van der Waals surface area contributed by atoms with E-state index in [2.05, 4.69) is 5.32 Å². The van der Waals surface area contributed by atoms with Crippen LogP contribution in [0.1, 0.15) is 5.56 Å². The van der Waals surface area contributed by atoms with Gasteiger partial charge in [0.25, 0.3) is 0 Å². The lowest BCUT2D eigenvalue weighted by Crippen LogP contribution is -2.35. The van der Waals surface area contributed by atoms with Gasteiger partial charge in [-0.15, -0.1) is 11.8 Å². The molecule has 2 aromatic rings. The zero-order valence-electron chi connectivity index (χ0n) is 13.8. The van der Waals surface area contributed by atoms with Crippen molar-refractivity contribution < 1.29 is 27.9 Å². The predicted octanol–water partition coefficient (Wildman–Crippen LogP) is 3.49. The number of halogens is 3. The molecule has 0 aliphatic carbocycles. The molecule has 1 unspecified atom stereocenters. The molecule has 0 heterocycles. The van der Waals surface area contributed by atoms with Crippen molar-refractivity contribution in [2.24, 2.45) is 5.92 Å². The van der Waals surface area contributed by atoms with Crippen molar-refractivity contribution >= 4 is 34.4 Å². The molecule has 0 radical (unpaired) electrons. The van der Waals surface area contributed by atoms with E-state index in [4.69, 9.17) is 0 Å². The fraction of sp³-hybridized carbons (Fsp3) is 0.333. The van der Waals surface area contributed by atoms with Crippen LogP contribution in [0.15, 0.2) is 42.5 Å². The molecule has 0 aliphatic rings. The van der Waals surface area contributed by atoms with Gasteiger partial charge in [0, 0.05) is 6.54 Å². The summed E-state index contributed by atoms with van der Waals surface area (Å²) in [5.74, 6) is -4.01. The highest BCUT2D eigenvalue weighted by Gasteiger charge is 2.27. The number of hydrogen-bond donors (Lipinski definition) is 2. The SMILES string of the molecule is O=C(CSCC(F)(F)F)NCC(Cc1cccc2ccccc12)C(=O)O. The van der Waals surface area contributed by atoms with Crippen LogP contribution >= 0.6 is 11.8 Å². The van der Waals surface area contributed by atoms with E-state index in [9.17, 15) is 27.9 Å². The van der Waals surface area contributed by atoms with Gasteiger partial charge in [0.1, 0.15) is 0 Å². The number of rotatable bonds is 8. The zero-order valence-corrected chi connectivity index (χ0v) is 14.6. The largest absolute Gasteiger partial charge is 0.481 e. The Morgan fingerprint density at radius 2 is 1.81 bits per heavy atom. The van der Waals surface area contributed by atoms with Crippen LogP contribution in [0.25, 0.3) is 10.8 Å². The number of thioether (sulfide) groups is 1. The number of fused-ring (bicyclic) bond motifs is 1. The van der Waals surface area contributed by atoms with Gasteiger partial charge in [0.15, 0.2) is 0 Å². The lowest BCUT2D eigenvalue weighted by molar-refractivity contribution is -0.141. The highest BCUT2D eigenvalue weighted by Crippen LogP contribution is 2.22. The summed E-state index contributed by atoms with van der Waals surface area (Å²) >= 11 is 0.450. The Balaban J connectivity index is 1.95. The van der Waals surface area contributed by atoms with Gasteiger partial charge in [-0.1, -0.05) is 42.5 Å². The fourth-order valence-electron chi connectivity index (χ4n) is 2.53. The minimum Gasteiger partial charge on any atom is -0.481 e. The van der Waals surface area contributed by atoms with E-state index in [1.165, 1.54) is 0 Å². The number of carboxylic acid groups (broad SMARTS) is 1. The first kappa shape index (κ1) is 20.1. The first-order chi connectivity index (χ1) is 12.3. The van der Waals surface area contributed by atoms with Crippen LogP contribution in [0.4, 0.5) is 13.2 Å². The highest BCUT2D eigenvalue weighted by atomic mass is 32.2. The molecule has 2 aromatic carbocycles. The Morgan fingerprint density at radius 3 is 2.50 bits per heavy atom. The van der Waals surface area contributed by atoms with Crippen LogP contribution in [0, 0.1) is 5.92 Å². The van der Waals surface area contributed by atoms with Crippen molar-refractivity contribution in [1.82, 2.24) is 5.32 Å². The lowest BCUT2D eigenvalue weighted by atomic mass is 9.95. The van der Waals surface area contributed by atoms with Gasteiger partial charge in [-0.3, -0.25) is 9.59 Å². The molecule has 4 nitrogen and oxygen atoms in total. The quantitative estimate of drug-likeness (QED) is 0.730. The average molecular weight is 385 g/mol. The lowest BCUT2D eigenvalue weighted by Gasteiger charge is -2.15. The van der Waals surface area contributed by atoms with E-state index in [0.29, 0.717) is 11.8 Å². The third-order valence-corrected chi connectivity index (χ3v) is 4.74. The maximum atomic E-state index is 12.1. The molecular formula is C18H18F3NO3S. The first-order valence-electron chi connectivity index (χ1n) is 7.87. The summed E-state index contributed by atoms with van der Waals surface area (Å²) in [4.78, 5) is 23.1. The molecule has 0 fully saturated rings. The second-order valence-electron chi connectivity index (χ2n) is 5.79. The number of aliphatic carboxylic acids is 1. The highest BCUT2D eigenvalue weighted by molar-refractivity contribution is 8.00. The Bertz CT molecular complexity index is 774. The number of carbonyl (C=O) groups is 2. The van der Waals surface area contributed by atoms with Gasteiger partial charge in [0.05, 0.1) is 17.4 Å². The summed E-state index contributed by atoms with van der Waals surface area (Å²) in [6.45, 7) is -0.135. The summed E-state index contributed by atoms with van der Waals surface area (Å²) in [6.07, 6.45) is -4.12. The number of benzene rings is 2. The monoisotopic (exact) mass is 385 g/mol. The van der Waals surface area contributed by atoms with Crippen molar-refractivity contribution in [2.75, 3.05) is 18.1 Å². The summed E-state index contributed by atoms with van der Waals surface area (Å²) in [5.41, 5.74) is 0.844. The van der Waals surface area contributed by atoms with E-state index in [0.717, 1.165) is 16.3 Å². The molecule has 2 N–H and O–H groups in total. The molecule has 8 heteroatoms. The maximum Gasteiger partial charge on any atom is 0.397 e. The van der Waals surface area contributed by atoms with Gasteiger partial charge in [0.2, 0.25) is 5.91 Å². The van der Waals surface area contributed by atoms with E-state index in [1.54, 1.807) is 0 Å². The molecule has 1 amide bonds. The Hall–Kier alpha value is -2.22. The minimum atomic E-state index is -4.33. The van der Waals surface area contributed by atoms with Crippen molar-refractivity contribution in [3.63, 3.8) is 0 Å². The number of carboxylic acids is 1. The molecule has 2 rings (SSSR count). The van der Waals surface area contributed by atoms with Gasteiger partial charge < -0.3 is 10.4 Å². The van der Waals surface area contributed by atoms with Gasteiger partial charge in [-0.2, -0.15) is 13.2 Å². The van der Waals surface area contributed by atoms with Crippen LogP contribution in [-0.4, -0.2) is 41.2 Å². The summed E-state index contributed by atoms with van der Waals surface area (Å²) in [7, 11) is 0. The number of hydrogen-bond acceptors (Lipinski definition) is 3. The van der Waals surface area contributed by atoms with E-state index >= 15 is 0 Å². The molecule has 0 saturated carbocycles. The molecule has 0 aliphatic heterocycles. The first-order valence-corrected chi connectivity index (χ1v) is 9.02. The third-order valence-electron chi connectivity index (χ3n) is 3.74. The molecule has 0 saturated heterocycles. The van der Waals surface area contributed by atoms with Crippen LogP contribution in [0.2, 0.25) is 0 Å². The maximum absolute atomic E-state index is 12.1. The van der Waals surface area contributed by atoms with Crippen LogP contribution in [0.3, 0.4) is 0 Å². The van der Waals surface area contributed by atoms with Crippen molar-refractivity contribution in [3.8, 4) is 0 Å². The second kappa shape index (κ2) is 8.93. The third kappa shape index (κ3) is 6.25. The summed E-state index contributed by atoms with van der Waals surface area (Å²) in [6, 6.07) is 13.2. The normalized spacial score (nSPS) is 12.7. The van der Waals surface area contributed by atoms with Crippen LogP contribution in [0.5, 0.6) is 0 Å². The average Bonchev–Trinajstić information content (AvgIpc) is 2.57. The summed E-state index contributed by atoms with van der Waals surface area (Å²) in [5, 5.41) is 13.7. The number of nitrogens with one attached hydrogen (secondary N) is 1. The van der Waals surface area contributed by atoms with Crippen molar-refractivity contribution in [1.29, 1.82) is 0 Å². The van der Waals surface area contributed by atoms with Crippen LogP contribution < -0.4 is 5.32 Å². The Labute approximate surface area is 152 Å². The minimum absolute atomic E-state index is 0.135. The number of carbonyl (C=O) groups excluding carboxylic acids is 1. The zero-order chi connectivity index (χ0) is 19.2. The summed E-state index contributed by atoms with van der Waals surface area (Å²) < 4.78 is 36.2.